The lowest BCUT2D eigenvalue weighted by Crippen LogP contribution is -2.46. The Bertz CT molecular complexity index is 397. The minimum Gasteiger partial charge on any atom is -0.360 e. The molecular formula is C11H16ClN3O2. The molecule has 0 bridgehead atoms. The lowest BCUT2D eigenvalue weighted by molar-refractivity contribution is 0.0725. The van der Waals surface area contributed by atoms with Crippen LogP contribution in [0.25, 0.3) is 0 Å². The van der Waals surface area contributed by atoms with E-state index in [1.165, 1.54) is 0 Å². The molecule has 0 atom stereocenters. The second-order valence-electron chi connectivity index (χ2n) is 4.43. The van der Waals surface area contributed by atoms with E-state index in [0.717, 1.165) is 44.8 Å². The van der Waals surface area contributed by atoms with Gasteiger partial charge in [-0.15, -0.1) is 12.4 Å². The molecule has 1 saturated heterocycles. The van der Waals surface area contributed by atoms with Gasteiger partial charge in [0.15, 0.2) is 5.69 Å². The van der Waals surface area contributed by atoms with E-state index < -0.39 is 0 Å². The van der Waals surface area contributed by atoms with E-state index in [0.29, 0.717) is 11.6 Å². The van der Waals surface area contributed by atoms with Crippen LogP contribution in [0.1, 0.15) is 35.0 Å². The standard InChI is InChI=1S/C11H15N3O2.ClH/c15-11(14-5-3-12-4-6-14)9-7-10(16-13-9)8-1-2-8;/h7-8,12H,1-6H2;1H. The van der Waals surface area contributed by atoms with Crippen LogP contribution in [0.15, 0.2) is 10.6 Å². The quantitative estimate of drug-likeness (QED) is 0.860. The van der Waals surface area contributed by atoms with Gasteiger partial charge in [0.25, 0.3) is 5.91 Å². The van der Waals surface area contributed by atoms with Crippen molar-refractivity contribution < 1.29 is 9.32 Å². The SMILES string of the molecule is Cl.O=C(c1cc(C2CC2)on1)N1CCNCC1. The Balaban J connectivity index is 0.00000108. The smallest absolute Gasteiger partial charge is 0.276 e. The molecule has 1 aromatic rings. The van der Waals surface area contributed by atoms with E-state index in [9.17, 15) is 4.79 Å². The fourth-order valence-corrected chi connectivity index (χ4v) is 1.98. The summed E-state index contributed by atoms with van der Waals surface area (Å²) in [7, 11) is 0. The highest BCUT2D eigenvalue weighted by Crippen LogP contribution is 2.40. The molecule has 94 valence electrons. The van der Waals surface area contributed by atoms with Gasteiger partial charge < -0.3 is 14.7 Å². The van der Waals surface area contributed by atoms with E-state index in [1.54, 1.807) is 0 Å². The number of rotatable bonds is 2. The van der Waals surface area contributed by atoms with Gasteiger partial charge in [0.05, 0.1) is 0 Å². The summed E-state index contributed by atoms with van der Waals surface area (Å²) in [4.78, 5) is 13.9. The first-order chi connectivity index (χ1) is 7.84. The van der Waals surface area contributed by atoms with E-state index in [1.807, 2.05) is 11.0 Å². The Morgan fingerprint density at radius 2 is 2.12 bits per heavy atom. The molecule has 1 N–H and O–H groups in total. The summed E-state index contributed by atoms with van der Waals surface area (Å²) >= 11 is 0. The molecule has 1 saturated carbocycles. The monoisotopic (exact) mass is 257 g/mol. The molecule has 5 nitrogen and oxygen atoms in total. The summed E-state index contributed by atoms with van der Waals surface area (Å²) in [6.07, 6.45) is 2.33. The zero-order valence-corrected chi connectivity index (χ0v) is 10.3. The first kappa shape index (κ1) is 12.4. The number of nitrogens with one attached hydrogen (secondary N) is 1. The minimum atomic E-state index is -0.00264. The van der Waals surface area contributed by atoms with Crippen LogP contribution in [0, 0.1) is 0 Å². The van der Waals surface area contributed by atoms with Gasteiger partial charge >= 0.3 is 0 Å². The summed E-state index contributed by atoms with van der Waals surface area (Å²) in [5.74, 6) is 1.38. The average Bonchev–Trinajstić information content (AvgIpc) is 3.08. The van der Waals surface area contributed by atoms with Crippen molar-refractivity contribution in [3.8, 4) is 0 Å². The number of aromatic nitrogens is 1. The van der Waals surface area contributed by atoms with Crippen LogP contribution < -0.4 is 5.32 Å². The van der Waals surface area contributed by atoms with Gasteiger partial charge in [0, 0.05) is 38.2 Å². The molecule has 0 radical (unpaired) electrons. The van der Waals surface area contributed by atoms with Crippen molar-refractivity contribution in [3.63, 3.8) is 0 Å². The fraction of sp³-hybridized carbons (Fsp3) is 0.636. The third-order valence-electron chi connectivity index (χ3n) is 3.13. The van der Waals surface area contributed by atoms with Crippen molar-refractivity contribution in [3.05, 3.63) is 17.5 Å². The first-order valence-corrected chi connectivity index (χ1v) is 5.81. The fourth-order valence-electron chi connectivity index (χ4n) is 1.98. The lowest BCUT2D eigenvalue weighted by Gasteiger charge is -2.26. The van der Waals surface area contributed by atoms with Crippen LogP contribution in [0.4, 0.5) is 0 Å². The highest BCUT2D eigenvalue weighted by atomic mass is 35.5. The van der Waals surface area contributed by atoms with Crippen LogP contribution in [0.5, 0.6) is 0 Å². The number of piperazine rings is 1. The maximum absolute atomic E-state index is 12.0. The Kier molecular flexibility index (Phi) is 3.69. The van der Waals surface area contributed by atoms with E-state index in [-0.39, 0.29) is 18.3 Å². The van der Waals surface area contributed by atoms with Crippen LogP contribution in [0.2, 0.25) is 0 Å². The van der Waals surface area contributed by atoms with Crippen LogP contribution in [-0.4, -0.2) is 42.1 Å². The summed E-state index contributed by atoms with van der Waals surface area (Å²) in [6, 6.07) is 1.81. The van der Waals surface area contributed by atoms with E-state index in [2.05, 4.69) is 10.5 Å². The molecule has 1 aliphatic carbocycles. The maximum atomic E-state index is 12.0. The number of halogens is 1. The third kappa shape index (κ3) is 2.61. The number of carbonyl (C=O) groups is 1. The number of amides is 1. The molecule has 2 heterocycles. The van der Waals surface area contributed by atoms with E-state index >= 15 is 0 Å². The minimum absolute atomic E-state index is 0. The Morgan fingerprint density at radius 3 is 2.76 bits per heavy atom. The van der Waals surface area contributed by atoms with Gasteiger partial charge in [-0.3, -0.25) is 4.79 Å². The predicted octanol–water partition coefficient (Wildman–Crippen LogP) is 1.02. The largest absolute Gasteiger partial charge is 0.360 e. The normalized spacial score (nSPS) is 19.9. The summed E-state index contributed by atoms with van der Waals surface area (Å²) in [6.45, 7) is 3.23. The average molecular weight is 258 g/mol. The first-order valence-electron chi connectivity index (χ1n) is 5.81. The van der Waals surface area contributed by atoms with Crippen molar-refractivity contribution in [2.24, 2.45) is 0 Å². The number of hydrogen-bond acceptors (Lipinski definition) is 4. The second kappa shape index (κ2) is 5.06. The number of carbonyl (C=O) groups excluding carboxylic acids is 1. The van der Waals surface area contributed by atoms with Crippen molar-refractivity contribution in [1.82, 2.24) is 15.4 Å². The molecule has 0 unspecified atom stereocenters. The topological polar surface area (TPSA) is 58.4 Å². The zero-order valence-electron chi connectivity index (χ0n) is 9.52. The molecule has 6 heteroatoms. The van der Waals surface area contributed by atoms with Gasteiger partial charge in [0.1, 0.15) is 5.76 Å². The number of hydrogen-bond donors (Lipinski definition) is 1. The summed E-state index contributed by atoms with van der Waals surface area (Å²) in [5.41, 5.74) is 0.462. The molecule has 1 aromatic heterocycles. The van der Waals surface area contributed by atoms with Gasteiger partial charge in [-0.1, -0.05) is 5.16 Å². The molecule has 2 fully saturated rings. The Morgan fingerprint density at radius 1 is 1.41 bits per heavy atom. The molecule has 1 amide bonds. The van der Waals surface area contributed by atoms with Crippen molar-refractivity contribution in [2.45, 2.75) is 18.8 Å². The maximum Gasteiger partial charge on any atom is 0.276 e. The van der Waals surface area contributed by atoms with Crippen LogP contribution in [-0.2, 0) is 0 Å². The Labute approximate surface area is 106 Å². The molecule has 0 aromatic carbocycles. The molecular weight excluding hydrogens is 242 g/mol. The predicted molar refractivity (Wildman–Crippen MR) is 64.5 cm³/mol. The molecule has 1 aliphatic heterocycles. The van der Waals surface area contributed by atoms with Crippen molar-refractivity contribution in [1.29, 1.82) is 0 Å². The van der Waals surface area contributed by atoms with E-state index in [4.69, 9.17) is 4.52 Å². The van der Waals surface area contributed by atoms with Crippen LogP contribution >= 0.6 is 12.4 Å². The van der Waals surface area contributed by atoms with Gasteiger partial charge in [-0.25, -0.2) is 0 Å². The Hall–Kier alpha value is -1.07. The summed E-state index contributed by atoms with van der Waals surface area (Å²) in [5, 5.41) is 7.08. The van der Waals surface area contributed by atoms with Gasteiger partial charge in [0.2, 0.25) is 0 Å². The zero-order chi connectivity index (χ0) is 11.0. The van der Waals surface area contributed by atoms with Crippen molar-refractivity contribution in [2.75, 3.05) is 26.2 Å². The second-order valence-corrected chi connectivity index (χ2v) is 4.43. The molecule has 2 aliphatic rings. The van der Waals surface area contributed by atoms with Crippen LogP contribution in [0.3, 0.4) is 0 Å². The van der Waals surface area contributed by atoms with Gasteiger partial charge in [-0.2, -0.15) is 0 Å². The third-order valence-corrected chi connectivity index (χ3v) is 3.13. The molecule has 3 rings (SSSR count). The lowest BCUT2D eigenvalue weighted by atomic mass is 10.2. The highest BCUT2D eigenvalue weighted by Gasteiger charge is 2.30. The number of nitrogens with zero attached hydrogens (tertiary/aromatic N) is 2. The summed E-state index contributed by atoms with van der Waals surface area (Å²) < 4.78 is 5.19. The highest BCUT2D eigenvalue weighted by molar-refractivity contribution is 5.92. The van der Waals surface area contributed by atoms with Gasteiger partial charge in [-0.05, 0) is 12.8 Å². The molecule has 0 spiro atoms. The molecule has 17 heavy (non-hydrogen) atoms. The van der Waals surface area contributed by atoms with Crippen molar-refractivity contribution >= 4 is 18.3 Å².